The summed E-state index contributed by atoms with van der Waals surface area (Å²) in [6.07, 6.45) is -0.451. The maximum atomic E-state index is 12.8. The number of nitrogens with one attached hydrogen (secondary N) is 2. The highest BCUT2D eigenvalue weighted by atomic mass is 16.6. The maximum absolute atomic E-state index is 12.8. The number of aromatic carboxylic acids is 1. The van der Waals surface area contributed by atoms with Crippen LogP contribution in [0, 0.1) is 0 Å². The van der Waals surface area contributed by atoms with Crippen molar-refractivity contribution in [3.63, 3.8) is 0 Å². The van der Waals surface area contributed by atoms with Gasteiger partial charge in [-0.25, -0.2) is 9.59 Å². The lowest BCUT2D eigenvalue weighted by atomic mass is 10.1. The Hall–Kier alpha value is -3.35. The van der Waals surface area contributed by atoms with Gasteiger partial charge in [0.15, 0.2) is 0 Å². The van der Waals surface area contributed by atoms with Crippen LogP contribution in [0.2, 0.25) is 0 Å². The first-order valence-electron chi connectivity index (χ1n) is 8.82. The molecule has 1 atom stereocenters. The highest BCUT2D eigenvalue weighted by Gasteiger charge is 2.25. The average Bonchev–Trinajstić information content (AvgIpc) is 2.60. The highest BCUT2D eigenvalue weighted by Crippen LogP contribution is 2.13. The van der Waals surface area contributed by atoms with E-state index in [1.165, 1.54) is 18.2 Å². The zero-order valence-electron chi connectivity index (χ0n) is 16.1. The van der Waals surface area contributed by atoms with Crippen LogP contribution in [0.5, 0.6) is 0 Å². The van der Waals surface area contributed by atoms with Crippen LogP contribution in [0.4, 0.5) is 10.5 Å². The fraction of sp³-hybridized carbons (Fsp3) is 0.286. The van der Waals surface area contributed by atoms with Gasteiger partial charge in [0.25, 0.3) is 0 Å². The fourth-order valence-corrected chi connectivity index (χ4v) is 2.47. The monoisotopic (exact) mass is 384 g/mol. The number of hydrogen-bond acceptors (Lipinski definition) is 4. The molecule has 0 heterocycles. The smallest absolute Gasteiger partial charge is 0.408 e. The van der Waals surface area contributed by atoms with Crippen molar-refractivity contribution >= 4 is 23.7 Å². The van der Waals surface area contributed by atoms with E-state index in [4.69, 9.17) is 9.84 Å². The number of benzene rings is 2. The molecule has 0 aliphatic heterocycles. The van der Waals surface area contributed by atoms with Crippen molar-refractivity contribution in [1.82, 2.24) is 5.32 Å². The normalized spacial score (nSPS) is 12.0. The van der Waals surface area contributed by atoms with Crippen molar-refractivity contribution in [1.29, 1.82) is 0 Å². The number of carboxylic acids is 1. The van der Waals surface area contributed by atoms with Crippen molar-refractivity contribution in [3.8, 4) is 0 Å². The minimum absolute atomic E-state index is 0.0533. The van der Waals surface area contributed by atoms with E-state index < -0.39 is 29.6 Å². The molecule has 28 heavy (non-hydrogen) atoms. The molecule has 2 amide bonds. The predicted molar refractivity (Wildman–Crippen MR) is 105 cm³/mol. The molecule has 0 radical (unpaired) electrons. The van der Waals surface area contributed by atoms with Gasteiger partial charge in [-0.1, -0.05) is 36.4 Å². The molecule has 0 saturated carbocycles. The summed E-state index contributed by atoms with van der Waals surface area (Å²) in [6, 6.07) is 14.2. The summed E-state index contributed by atoms with van der Waals surface area (Å²) < 4.78 is 5.25. The van der Waals surface area contributed by atoms with Crippen LogP contribution >= 0.6 is 0 Å². The second kappa shape index (κ2) is 9.03. The number of carbonyl (C=O) groups excluding carboxylic acids is 2. The van der Waals surface area contributed by atoms with E-state index in [1.807, 2.05) is 30.3 Å². The lowest BCUT2D eigenvalue weighted by molar-refractivity contribution is -0.118. The van der Waals surface area contributed by atoms with Crippen LogP contribution in [0.25, 0.3) is 0 Å². The number of hydrogen-bond donors (Lipinski definition) is 3. The standard InChI is InChI=1S/C21H24N2O5/c1-21(2,3)28-20(27)23-17(12-14-8-5-4-6-9-14)18(24)22-16-11-7-10-15(13-16)19(25)26/h4-11,13,17H,12H2,1-3H3,(H,22,24)(H,23,27)(H,25,26)/t17-/m0/s1. The minimum atomic E-state index is -1.09. The Labute approximate surface area is 163 Å². The zero-order chi connectivity index (χ0) is 20.7. The van der Waals surface area contributed by atoms with E-state index in [1.54, 1.807) is 26.8 Å². The first kappa shape index (κ1) is 21.0. The van der Waals surface area contributed by atoms with Gasteiger partial charge < -0.3 is 20.5 Å². The summed E-state index contributed by atoms with van der Waals surface area (Å²) in [5.74, 6) is -1.57. The molecule has 0 spiro atoms. The van der Waals surface area contributed by atoms with Crippen molar-refractivity contribution in [3.05, 3.63) is 65.7 Å². The van der Waals surface area contributed by atoms with Gasteiger partial charge in [-0.15, -0.1) is 0 Å². The van der Waals surface area contributed by atoms with Gasteiger partial charge in [0.05, 0.1) is 5.56 Å². The van der Waals surface area contributed by atoms with E-state index in [0.717, 1.165) is 5.56 Å². The second-order valence-corrected chi connectivity index (χ2v) is 7.26. The minimum Gasteiger partial charge on any atom is -0.478 e. The van der Waals surface area contributed by atoms with Crippen LogP contribution in [0.15, 0.2) is 54.6 Å². The van der Waals surface area contributed by atoms with Crippen LogP contribution in [-0.2, 0) is 16.0 Å². The highest BCUT2D eigenvalue weighted by molar-refractivity contribution is 5.98. The fourth-order valence-electron chi connectivity index (χ4n) is 2.47. The number of carbonyl (C=O) groups is 3. The van der Waals surface area contributed by atoms with Crippen LogP contribution in [0.3, 0.4) is 0 Å². The van der Waals surface area contributed by atoms with Crippen molar-refractivity contribution in [2.45, 2.75) is 38.8 Å². The van der Waals surface area contributed by atoms with E-state index >= 15 is 0 Å². The molecule has 0 bridgehead atoms. The van der Waals surface area contributed by atoms with Gasteiger partial charge in [0, 0.05) is 12.1 Å². The summed E-state index contributed by atoms with van der Waals surface area (Å²) in [7, 11) is 0. The quantitative estimate of drug-likeness (QED) is 0.707. The van der Waals surface area contributed by atoms with Gasteiger partial charge in [-0.2, -0.15) is 0 Å². The third kappa shape index (κ3) is 6.75. The topological polar surface area (TPSA) is 105 Å². The third-order valence-corrected chi connectivity index (χ3v) is 3.67. The van der Waals surface area contributed by atoms with E-state index in [0.29, 0.717) is 5.69 Å². The SMILES string of the molecule is CC(C)(C)OC(=O)N[C@@H](Cc1ccccc1)C(=O)Nc1cccc(C(=O)O)c1. The molecular formula is C21H24N2O5. The molecule has 0 aromatic heterocycles. The Morgan fingerprint density at radius 3 is 2.32 bits per heavy atom. The number of carboxylic acid groups (broad SMARTS) is 1. The van der Waals surface area contributed by atoms with Crippen molar-refractivity contribution < 1.29 is 24.2 Å². The number of anilines is 1. The van der Waals surface area contributed by atoms with Crippen molar-refractivity contribution in [2.75, 3.05) is 5.32 Å². The largest absolute Gasteiger partial charge is 0.478 e. The molecule has 0 aliphatic rings. The van der Waals surface area contributed by atoms with E-state index in [9.17, 15) is 14.4 Å². The summed E-state index contributed by atoms with van der Waals surface area (Å²) in [5, 5.41) is 14.3. The first-order chi connectivity index (χ1) is 13.1. The van der Waals surface area contributed by atoms with Crippen LogP contribution < -0.4 is 10.6 Å². The number of ether oxygens (including phenoxy) is 1. The maximum Gasteiger partial charge on any atom is 0.408 e. The number of amides is 2. The summed E-state index contributed by atoms with van der Waals surface area (Å²) in [6.45, 7) is 5.20. The Bertz CT molecular complexity index is 843. The molecule has 0 unspecified atom stereocenters. The predicted octanol–water partition coefficient (Wildman–Crippen LogP) is 3.46. The van der Waals surface area contributed by atoms with Gasteiger partial charge in [-0.05, 0) is 44.5 Å². The Morgan fingerprint density at radius 2 is 1.71 bits per heavy atom. The lowest BCUT2D eigenvalue weighted by Crippen LogP contribution is -2.47. The molecule has 2 rings (SSSR count). The zero-order valence-corrected chi connectivity index (χ0v) is 16.1. The number of rotatable bonds is 6. The first-order valence-corrected chi connectivity index (χ1v) is 8.82. The molecule has 2 aromatic rings. The summed E-state index contributed by atoms with van der Waals surface area (Å²) in [4.78, 5) is 36.0. The number of alkyl carbamates (subject to hydrolysis) is 1. The van der Waals surface area contributed by atoms with Gasteiger partial charge in [0.2, 0.25) is 5.91 Å². The third-order valence-electron chi connectivity index (χ3n) is 3.67. The second-order valence-electron chi connectivity index (χ2n) is 7.26. The molecule has 148 valence electrons. The van der Waals surface area contributed by atoms with Crippen molar-refractivity contribution in [2.24, 2.45) is 0 Å². The summed E-state index contributed by atoms with van der Waals surface area (Å²) >= 11 is 0. The van der Waals surface area contributed by atoms with Crippen LogP contribution in [0.1, 0.15) is 36.7 Å². The molecule has 0 aliphatic carbocycles. The van der Waals surface area contributed by atoms with Gasteiger partial charge in [0.1, 0.15) is 11.6 Å². The molecule has 0 fully saturated rings. The summed E-state index contributed by atoms with van der Waals surface area (Å²) in [5.41, 5.74) is 0.540. The molecule has 3 N–H and O–H groups in total. The lowest BCUT2D eigenvalue weighted by Gasteiger charge is -2.23. The molecule has 7 nitrogen and oxygen atoms in total. The Balaban J connectivity index is 2.17. The Kier molecular flexibility index (Phi) is 6.76. The van der Waals surface area contributed by atoms with Gasteiger partial charge in [-0.3, -0.25) is 4.79 Å². The molecule has 7 heteroatoms. The van der Waals surface area contributed by atoms with Crippen LogP contribution in [-0.4, -0.2) is 34.7 Å². The van der Waals surface area contributed by atoms with E-state index in [-0.39, 0.29) is 12.0 Å². The average molecular weight is 384 g/mol. The molecule has 2 aromatic carbocycles. The Morgan fingerprint density at radius 1 is 1.04 bits per heavy atom. The molecular weight excluding hydrogens is 360 g/mol. The van der Waals surface area contributed by atoms with Gasteiger partial charge >= 0.3 is 12.1 Å². The molecule has 0 saturated heterocycles. The van der Waals surface area contributed by atoms with E-state index in [2.05, 4.69) is 10.6 Å².